The lowest BCUT2D eigenvalue weighted by atomic mass is 10.0. The molecule has 182 valence electrons. The van der Waals surface area contributed by atoms with Crippen molar-refractivity contribution in [1.82, 2.24) is 15.2 Å². The minimum atomic E-state index is -0.726. The molecule has 0 spiro atoms. The van der Waals surface area contributed by atoms with Gasteiger partial charge < -0.3 is 15.0 Å². The molecule has 0 aliphatic carbocycles. The molecule has 1 N–H and O–H groups in total. The van der Waals surface area contributed by atoms with Crippen LogP contribution in [0, 0.1) is 0 Å². The van der Waals surface area contributed by atoms with Gasteiger partial charge in [0.05, 0.1) is 0 Å². The largest absolute Gasteiger partial charge is 0.484 e. The summed E-state index contributed by atoms with van der Waals surface area (Å²) < 4.78 is 5.76. The van der Waals surface area contributed by atoms with E-state index in [0.717, 1.165) is 16.7 Å². The fraction of sp³-hybridized carbons (Fsp3) is 0.167. The van der Waals surface area contributed by atoms with Crippen LogP contribution in [-0.4, -0.2) is 34.3 Å². The molecule has 0 bridgehead atoms. The van der Waals surface area contributed by atoms with Gasteiger partial charge in [-0.3, -0.25) is 14.6 Å². The summed E-state index contributed by atoms with van der Waals surface area (Å²) in [5, 5.41) is 3.00. The lowest BCUT2D eigenvalue weighted by molar-refractivity contribution is -0.142. The van der Waals surface area contributed by atoms with Crippen molar-refractivity contribution >= 4 is 11.8 Å². The third-order valence-corrected chi connectivity index (χ3v) is 5.76. The zero-order valence-corrected chi connectivity index (χ0v) is 20.0. The predicted molar refractivity (Wildman–Crippen MR) is 139 cm³/mol. The summed E-state index contributed by atoms with van der Waals surface area (Å²) >= 11 is 0. The Kier molecular flexibility index (Phi) is 8.81. The van der Waals surface area contributed by atoms with Gasteiger partial charge in [0, 0.05) is 31.9 Å². The molecule has 1 aromatic heterocycles. The number of nitrogens with zero attached hydrogens (tertiary/aromatic N) is 2. The van der Waals surface area contributed by atoms with E-state index in [1.807, 2.05) is 91.0 Å². The lowest BCUT2D eigenvalue weighted by Gasteiger charge is -2.31. The van der Waals surface area contributed by atoms with E-state index in [2.05, 4.69) is 10.3 Å². The Morgan fingerprint density at radius 3 is 2.03 bits per heavy atom. The first-order valence-corrected chi connectivity index (χ1v) is 11.9. The summed E-state index contributed by atoms with van der Waals surface area (Å²) in [6.07, 6.45) is 3.78. The highest BCUT2D eigenvalue weighted by Crippen LogP contribution is 2.16. The topological polar surface area (TPSA) is 71.5 Å². The van der Waals surface area contributed by atoms with E-state index in [0.29, 0.717) is 18.7 Å². The molecule has 1 unspecified atom stereocenters. The second-order valence-electron chi connectivity index (χ2n) is 8.39. The maximum Gasteiger partial charge on any atom is 0.261 e. The zero-order chi connectivity index (χ0) is 25.0. The van der Waals surface area contributed by atoms with Gasteiger partial charge in [-0.05, 0) is 34.9 Å². The van der Waals surface area contributed by atoms with Crippen molar-refractivity contribution < 1.29 is 14.3 Å². The number of carbonyl (C=O) groups is 2. The molecular weight excluding hydrogens is 450 g/mol. The second-order valence-corrected chi connectivity index (χ2v) is 8.39. The Hall–Kier alpha value is -4.45. The molecule has 1 atom stereocenters. The fourth-order valence-electron chi connectivity index (χ4n) is 3.89. The van der Waals surface area contributed by atoms with Gasteiger partial charge in [0.15, 0.2) is 6.61 Å². The number of benzene rings is 3. The number of aromatic nitrogens is 1. The quantitative estimate of drug-likeness (QED) is 0.346. The predicted octanol–water partition coefficient (Wildman–Crippen LogP) is 4.42. The first-order chi connectivity index (χ1) is 17.7. The fourth-order valence-corrected chi connectivity index (χ4v) is 3.89. The van der Waals surface area contributed by atoms with Gasteiger partial charge in [-0.15, -0.1) is 0 Å². The van der Waals surface area contributed by atoms with Crippen LogP contribution < -0.4 is 10.1 Å². The molecule has 4 rings (SSSR count). The number of rotatable bonds is 11. The number of hydrogen-bond acceptors (Lipinski definition) is 4. The van der Waals surface area contributed by atoms with Crippen LogP contribution in [0.1, 0.15) is 16.7 Å². The maximum absolute atomic E-state index is 13.6. The minimum Gasteiger partial charge on any atom is -0.484 e. The van der Waals surface area contributed by atoms with Crippen LogP contribution in [0.5, 0.6) is 5.75 Å². The van der Waals surface area contributed by atoms with Gasteiger partial charge in [0.25, 0.3) is 5.91 Å². The van der Waals surface area contributed by atoms with E-state index in [-0.39, 0.29) is 25.0 Å². The Morgan fingerprint density at radius 1 is 0.778 bits per heavy atom. The summed E-state index contributed by atoms with van der Waals surface area (Å²) in [5.41, 5.74) is 2.79. The van der Waals surface area contributed by atoms with Crippen LogP contribution in [0.4, 0.5) is 0 Å². The van der Waals surface area contributed by atoms with Gasteiger partial charge in [-0.1, -0.05) is 84.9 Å². The SMILES string of the molecule is O=C(NCc1cccnc1)C(Cc1ccccc1)N(Cc1ccccc1)C(=O)COc1ccccc1. The van der Waals surface area contributed by atoms with Crippen molar-refractivity contribution in [3.63, 3.8) is 0 Å². The van der Waals surface area contributed by atoms with Crippen LogP contribution in [-0.2, 0) is 29.1 Å². The Bertz CT molecular complexity index is 1120. The molecule has 4 aromatic rings. The number of nitrogens with one attached hydrogen (secondary N) is 1. The van der Waals surface area contributed by atoms with E-state index in [1.54, 1.807) is 29.4 Å². The molecule has 3 aromatic carbocycles. The van der Waals surface area contributed by atoms with E-state index in [4.69, 9.17) is 4.74 Å². The maximum atomic E-state index is 13.6. The van der Waals surface area contributed by atoms with Crippen LogP contribution in [0.25, 0.3) is 0 Å². The standard InChI is InChI=1S/C30H29N3O3/c34-29(23-36-27-16-8-3-9-17-27)33(22-25-13-6-2-7-14-25)28(19-24-11-4-1-5-12-24)30(35)32-21-26-15-10-18-31-20-26/h1-18,20,28H,19,21-23H2,(H,32,35). The normalized spacial score (nSPS) is 11.3. The van der Waals surface area contributed by atoms with Gasteiger partial charge >= 0.3 is 0 Å². The van der Waals surface area contributed by atoms with E-state index < -0.39 is 6.04 Å². The number of ether oxygens (including phenoxy) is 1. The first kappa shape index (κ1) is 24.7. The summed E-state index contributed by atoms with van der Waals surface area (Å²) in [4.78, 5) is 32.8. The summed E-state index contributed by atoms with van der Waals surface area (Å²) in [7, 11) is 0. The van der Waals surface area contributed by atoms with Crippen LogP contribution in [0.15, 0.2) is 116 Å². The molecule has 0 aliphatic heterocycles. The van der Waals surface area contributed by atoms with Crippen molar-refractivity contribution in [2.45, 2.75) is 25.6 Å². The molecule has 0 saturated heterocycles. The van der Waals surface area contributed by atoms with Crippen LogP contribution >= 0.6 is 0 Å². The van der Waals surface area contributed by atoms with Crippen molar-refractivity contribution in [3.05, 3.63) is 132 Å². The van der Waals surface area contributed by atoms with Crippen molar-refractivity contribution in [1.29, 1.82) is 0 Å². The molecule has 0 saturated carbocycles. The second kappa shape index (κ2) is 12.9. The smallest absolute Gasteiger partial charge is 0.261 e. The molecule has 0 aliphatic rings. The van der Waals surface area contributed by atoms with E-state index >= 15 is 0 Å². The Morgan fingerprint density at radius 2 is 1.39 bits per heavy atom. The average Bonchev–Trinajstić information content (AvgIpc) is 2.94. The van der Waals surface area contributed by atoms with E-state index in [9.17, 15) is 9.59 Å². The number of carbonyl (C=O) groups excluding carboxylic acids is 2. The Balaban J connectivity index is 1.59. The minimum absolute atomic E-state index is 0.169. The van der Waals surface area contributed by atoms with Gasteiger partial charge in [-0.2, -0.15) is 0 Å². The number of hydrogen-bond donors (Lipinski definition) is 1. The molecule has 1 heterocycles. The van der Waals surface area contributed by atoms with Crippen LogP contribution in [0.3, 0.4) is 0 Å². The monoisotopic (exact) mass is 479 g/mol. The third kappa shape index (κ3) is 7.27. The number of pyridine rings is 1. The highest BCUT2D eigenvalue weighted by Gasteiger charge is 2.30. The molecule has 2 amide bonds. The van der Waals surface area contributed by atoms with Crippen molar-refractivity contribution in [2.24, 2.45) is 0 Å². The molecule has 36 heavy (non-hydrogen) atoms. The Labute approximate surface area is 211 Å². The number of amides is 2. The average molecular weight is 480 g/mol. The molecule has 0 fully saturated rings. The third-order valence-electron chi connectivity index (χ3n) is 5.76. The number of para-hydroxylation sites is 1. The van der Waals surface area contributed by atoms with Crippen LogP contribution in [0.2, 0.25) is 0 Å². The lowest BCUT2D eigenvalue weighted by Crippen LogP contribution is -2.51. The molecule has 6 nitrogen and oxygen atoms in total. The summed E-state index contributed by atoms with van der Waals surface area (Å²) in [5.74, 6) is 0.109. The zero-order valence-electron chi connectivity index (χ0n) is 20.0. The highest BCUT2D eigenvalue weighted by molar-refractivity contribution is 5.88. The van der Waals surface area contributed by atoms with Gasteiger partial charge in [0.1, 0.15) is 11.8 Å². The molecule has 0 radical (unpaired) electrons. The van der Waals surface area contributed by atoms with Gasteiger partial charge in [0.2, 0.25) is 5.91 Å². The van der Waals surface area contributed by atoms with Gasteiger partial charge in [-0.25, -0.2) is 0 Å². The summed E-state index contributed by atoms with van der Waals surface area (Å²) in [6, 6.07) is 31.6. The molecule has 6 heteroatoms. The molecular formula is C30H29N3O3. The highest BCUT2D eigenvalue weighted by atomic mass is 16.5. The first-order valence-electron chi connectivity index (χ1n) is 11.9. The summed E-state index contributed by atoms with van der Waals surface area (Å²) in [6.45, 7) is 0.444. The van der Waals surface area contributed by atoms with Crippen molar-refractivity contribution in [2.75, 3.05) is 6.61 Å². The van der Waals surface area contributed by atoms with E-state index in [1.165, 1.54) is 0 Å². The van der Waals surface area contributed by atoms with Crippen molar-refractivity contribution in [3.8, 4) is 5.75 Å².